The van der Waals surface area contributed by atoms with Crippen LogP contribution < -0.4 is 0 Å². The lowest BCUT2D eigenvalue weighted by Crippen LogP contribution is -2.54. The Bertz CT molecular complexity index is 207. The molecule has 0 aromatic rings. The third-order valence-corrected chi connectivity index (χ3v) is 19.6. The Hall–Kier alpha value is 0.531. The van der Waals surface area contributed by atoms with Crippen molar-refractivity contribution in [3.8, 4) is 0 Å². The van der Waals surface area contributed by atoms with Gasteiger partial charge in [0.25, 0.3) is 0 Å². The summed E-state index contributed by atoms with van der Waals surface area (Å²) in [5, 5.41) is 0.0603. The molecule has 0 spiro atoms. The van der Waals surface area contributed by atoms with Crippen LogP contribution in [0.3, 0.4) is 0 Å². The molecule has 6 heteroatoms. The second-order valence-corrected chi connectivity index (χ2v) is 17.4. The third-order valence-electron chi connectivity index (χ3n) is 4.17. The van der Waals surface area contributed by atoms with E-state index in [0.29, 0.717) is 0 Å². The maximum Gasteiger partial charge on any atom is 0.190 e. The topological polar surface area (TPSA) is 60.7 Å². The van der Waals surface area contributed by atoms with E-state index in [4.69, 9.17) is 0 Å². The van der Waals surface area contributed by atoms with Gasteiger partial charge in [-0.05, 0) is 36.0 Å². The minimum absolute atomic E-state index is 0.0205. The molecule has 0 bridgehead atoms. The third kappa shape index (κ3) is 3.50. The maximum atomic E-state index is 10.6. The van der Waals surface area contributed by atoms with Gasteiger partial charge in [0.1, 0.15) is 0 Å². The summed E-state index contributed by atoms with van der Waals surface area (Å²) in [6.07, 6.45) is 0. The quantitative estimate of drug-likeness (QED) is 0.658. The van der Waals surface area contributed by atoms with Crippen molar-refractivity contribution in [1.29, 1.82) is 0 Å². The minimum Gasteiger partial charge on any atom is -0.435 e. The Balaban J connectivity index is 4.87. The molecule has 0 aliphatic carbocycles. The highest BCUT2D eigenvalue weighted by Gasteiger charge is 2.49. The van der Waals surface area contributed by atoms with Crippen molar-refractivity contribution in [2.45, 2.75) is 56.8 Å². The molecule has 0 aliphatic rings. The van der Waals surface area contributed by atoms with Crippen molar-refractivity contribution in [3.05, 3.63) is 0 Å². The summed E-state index contributed by atoms with van der Waals surface area (Å²) in [5.41, 5.74) is 0. The van der Waals surface area contributed by atoms with Crippen molar-refractivity contribution < 1.29 is 14.4 Å². The van der Waals surface area contributed by atoms with Crippen LogP contribution in [0.1, 0.15) is 20.8 Å². The summed E-state index contributed by atoms with van der Waals surface area (Å²) >= 11 is 0. The molecule has 5 atom stereocenters. The van der Waals surface area contributed by atoms with Gasteiger partial charge >= 0.3 is 0 Å². The fourth-order valence-electron chi connectivity index (χ4n) is 1.82. The average molecular weight is 267 g/mol. The zero-order chi connectivity index (χ0) is 12.4. The van der Waals surface area contributed by atoms with E-state index in [1.54, 1.807) is 0 Å². The molecule has 3 N–H and O–H groups in total. The van der Waals surface area contributed by atoms with E-state index in [0.717, 1.165) is 6.04 Å². The fourth-order valence-corrected chi connectivity index (χ4v) is 15.0. The summed E-state index contributed by atoms with van der Waals surface area (Å²) in [7, 11) is -6.61. The molecule has 0 rings (SSSR count). The van der Waals surface area contributed by atoms with Crippen molar-refractivity contribution >= 4 is 25.7 Å². The van der Waals surface area contributed by atoms with E-state index in [1.807, 2.05) is 40.4 Å². The van der Waals surface area contributed by atoms with Gasteiger partial charge in [-0.15, -0.1) is 0 Å². The van der Waals surface area contributed by atoms with Crippen LogP contribution in [0.2, 0.25) is 36.0 Å². The second kappa shape index (κ2) is 5.24. The fraction of sp³-hybridized carbons (Fsp3) is 1.00. The molecule has 0 heterocycles. The molecule has 3 nitrogen and oxygen atoms in total. The molecular weight excluding hydrogens is 240 g/mol. The van der Waals surface area contributed by atoms with Crippen molar-refractivity contribution in [2.24, 2.45) is 0 Å². The van der Waals surface area contributed by atoms with Crippen LogP contribution in [0.15, 0.2) is 0 Å². The monoisotopic (exact) mass is 266 g/mol. The van der Waals surface area contributed by atoms with Gasteiger partial charge in [-0.25, -0.2) is 0 Å². The minimum atomic E-state index is -2.51. The largest absolute Gasteiger partial charge is 0.435 e. The molecule has 0 aromatic heterocycles. The predicted molar refractivity (Wildman–Crippen MR) is 72.2 cm³/mol. The van der Waals surface area contributed by atoms with Gasteiger partial charge in [0.15, 0.2) is 25.7 Å². The van der Waals surface area contributed by atoms with Gasteiger partial charge in [-0.1, -0.05) is 20.8 Å². The smallest absolute Gasteiger partial charge is 0.190 e. The van der Waals surface area contributed by atoms with E-state index in [1.165, 1.54) is 0 Å². The zero-order valence-corrected chi connectivity index (χ0v) is 13.9. The highest BCUT2D eigenvalue weighted by Crippen LogP contribution is 2.38. The Labute approximate surface area is 97.2 Å². The molecule has 0 aromatic carbocycles. The summed E-state index contributed by atoms with van der Waals surface area (Å²) in [6, 6.07) is 0.769. The lowest BCUT2D eigenvalue weighted by Gasteiger charge is -2.40. The first-order valence-electron chi connectivity index (χ1n) is 5.70. The van der Waals surface area contributed by atoms with E-state index in [2.05, 4.69) is 0 Å². The van der Waals surface area contributed by atoms with Gasteiger partial charge in [0, 0.05) is 0 Å². The number of hydrogen-bond acceptors (Lipinski definition) is 3. The lowest BCUT2D eigenvalue weighted by molar-refractivity contribution is 0.484. The average Bonchev–Trinajstić information content (AvgIpc) is 2.15. The van der Waals surface area contributed by atoms with Crippen LogP contribution in [0.25, 0.3) is 0 Å². The van der Waals surface area contributed by atoms with Crippen molar-refractivity contribution in [3.63, 3.8) is 0 Å². The predicted octanol–water partition coefficient (Wildman–Crippen LogP) is 1.35. The van der Waals surface area contributed by atoms with E-state index < -0.39 is 25.7 Å². The molecule has 15 heavy (non-hydrogen) atoms. The van der Waals surface area contributed by atoms with Gasteiger partial charge in [0.2, 0.25) is 0 Å². The van der Waals surface area contributed by atoms with Gasteiger partial charge in [0.05, 0.1) is 0 Å². The molecule has 92 valence electrons. The Morgan fingerprint density at radius 3 is 1.87 bits per heavy atom. The maximum absolute atomic E-state index is 10.6. The molecule has 5 unspecified atom stereocenters. The first-order chi connectivity index (χ1) is 6.57. The van der Waals surface area contributed by atoms with E-state index in [9.17, 15) is 14.4 Å². The Kier molecular flexibility index (Phi) is 5.43. The SMILES string of the molecule is CC[Si](C)(O)C(C)[Si](C)(O)C(C)[SiH](C)O. The molecule has 0 aliphatic heterocycles. The molecule has 0 amide bonds. The molecule has 0 radical (unpaired) electrons. The highest BCUT2D eigenvalue weighted by atomic mass is 28.4. The van der Waals surface area contributed by atoms with Crippen molar-refractivity contribution in [1.82, 2.24) is 0 Å². The normalized spacial score (nSPS) is 26.2. The van der Waals surface area contributed by atoms with Crippen LogP contribution in [0, 0.1) is 0 Å². The first kappa shape index (κ1) is 15.5. The Morgan fingerprint density at radius 2 is 1.60 bits per heavy atom. The molecule has 0 fully saturated rings. The van der Waals surface area contributed by atoms with Crippen LogP contribution in [0.5, 0.6) is 0 Å². The van der Waals surface area contributed by atoms with Gasteiger partial charge in [-0.3, -0.25) is 0 Å². The zero-order valence-electron chi connectivity index (χ0n) is 10.8. The number of hydrogen-bond donors (Lipinski definition) is 3. The second-order valence-electron chi connectivity index (χ2n) is 5.19. The van der Waals surface area contributed by atoms with Crippen LogP contribution in [0.4, 0.5) is 0 Å². The standard InChI is InChI=1S/C9H26O3Si3/c1-7-14(5,11)9(3)15(6,12)8(2)13(4)10/h8-13H,7H2,1-6H3. The molecule has 0 saturated carbocycles. The van der Waals surface area contributed by atoms with Crippen LogP contribution >= 0.6 is 0 Å². The summed E-state index contributed by atoms with van der Waals surface area (Å²) in [6.45, 7) is 11.5. The molecular formula is C9H26O3Si3. The lowest BCUT2D eigenvalue weighted by atomic mass is 10.9. The summed E-state index contributed by atoms with van der Waals surface area (Å²) < 4.78 is 0. The van der Waals surface area contributed by atoms with Gasteiger partial charge < -0.3 is 14.4 Å². The highest BCUT2D eigenvalue weighted by molar-refractivity contribution is 6.96. The van der Waals surface area contributed by atoms with Crippen molar-refractivity contribution in [2.75, 3.05) is 0 Å². The summed E-state index contributed by atoms with van der Waals surface area (Å²) in [5.74, 6) is 0. The van der Waals surface area contributed by atoms with Gasteiger partial charge in [-0.2, -0.15) is 0 Å². The Morgan fingerprint density at radius 1 is 1.20 bits per heavy atom. The first-order valence-corrected chi connectivity index (χ1v) is 13.4. The van der Waals surface area contributed by atoms with Crippen LogP contribution in [-0.2, 0) is 0 Å². The van der Waals surface area contributed by atoms with E-state index in [-0.39, 0.29) is 10.3 Å². The molecule has 0 saturated heterocycles. The summed E-state index contributed by atoms with van der Waals surface area (Å²) in [4.78, 5) is 30.6. The number of rotatable bonds is 5. The van der Waals surface area contributed by atoms with Crippen LogP contribution in [-0.4, -0.2) is 40.1 Å². The van der Waals surface area contributed by atoms with E-state index >= 15 is 0 Å².